The van der Waals surface area contributed by atoms with E-state index in [1.54, 1.807) is 0 Å². The molecule has 0 atom stereocenters. The molecule has 0 aliphatic carbocycles. The van der Waals surface area contributed by atoms with Crippen LogP contribution < -0.4 is 0 Å². The molecule has 78 valence electrons. The van der Waals surface area contributed by atoms with Gasteiger partial charge in [-0.2, -0.15) is 0 Å². The maximum absolute atomic E-state index is 11.3. The first-order chi connectivity index (χ1) is 7.36. The van der Waals surface area contributed by atoms with Crippen LogP contribution in [0.4, 0.5) is 0 Å². The fourth-order valence-electron chi connectivity index (χ4n) is 1.78. The molecule has 0 spiro atoms. The molecule has 1 aromatic rings. The third-order valence-electron chi connectivity index (χ3n) is 2.61. The molecule has 0 unspecified atom stereocenters. The van der Waals surface area contributed by atoms with Gasteiger partial charge in [-0.1, -0.05) is 42.5 Å². The van der Waals surface area contributed by atoms with Gasteiger partial charge in [0.25, 0.3) is 0 Å². The molecule has 1 amide bonds. The molecule has 0 radical (unpaired) electrons. The molecule has 0 aromatic heterocycles. The first-order valence-electron chi connectivity index (χ1n) is 5.35. The standard InChI is InChI=1S/C13H15NO/c15-13-9-5-11-14(13)10-4-8-12-6-2-1-3-7-12/h1-4,6-8H,5,9-11H2/b8-4+. The van der Waals surface area contributed by atoms with Crippen molar-refractivity contribution in [2.45, 2.75) is 12.8 Å². The number of nitrogens with zero attached hydrogens (tertiary/aromatic N) is 1. The topological polar surface area (TPSA) is 20.3 Å². The molecule has 0 saturated carbocycles. The predicted octanol–water partition coefficient (Wildman–Crippen LogP) is 2.32. The third kappa shape index (κ3) is 2.69. The molecule has 1 aromatic carbocycles. The van der Waals surface area contributed by atoms with Crippen LogP contribution in [0.2, 0.25) is 0 Å². The van der Waals surface area contributed by atoms with E-state index < -0.39 is 0 Å². The highest BCUT2D eigenvalue weighted by molar-refractivity contribution is 5.78. The third-order valence-corrected chi connectivity index (χ3v) is 2.61. The molecule has 2 nitrogen and oxygen atoms in total. The fourth-order valence-corrected chi connectivity index (χ4v) is 1.78. The molecule has 1 fully saturated rings. The largest absolute Gasteiger partial charge is 0.339 e. The van der Waals surface area contributed by atoms with Crippen LogP contribution in [0.3, 0.4) is 0 Å². The molecule has 15 heavy (non-hydrogen) atoms. The van der Waals surface area contributed by atoms with Crippen LogP contribution in [0.25, 0.3) is 6.08 Å². The first kappa shape index (κ1) is 9.97. The molecule has 1 aliphatic rings. The average molecular weight is 201 g/mol. The number of likely N-dealkylation sites (tertiary alicyclic amines) is 1. The highest BCUT2D eigenvalue weighted by Gasteiger charge is 2.17. The average Bonchev–Trinajstić information content (AvgIpc) is 2.66. The quantitative estimate of drug-likeness (QED) is 0.735. The minimum Gasteiger partial charge on any atom is -0.339 e. The Kier molecular flexibility index (Phi) is 3.18. The minimum absolute atomic E-state index is 0.285. The zero-order valence-corrected chi connectivity index (χ0v) is 8.73. The van der Waals surface area contributed by atoms with E-state index in [9.17, 15) is 4.79 Å². The molecular formula is C13H15NO. The highest BCUT2D eigenvalue weighted by Crippen LogP contribution is 2.09. The Morgan fingerprint density at radius 1 is 1.27 bits per heavy atom. The Labute approximate surface area is 90.2 Å². The highest BCUT2D eigenvalue weighted by atomic mass is 16.2. The predicted molar refractivity (Wildman–Crippen MR) is 61.3 cm³/mol. The van der Waals surface area contributed by atoms with Crippen molar-refractivity contribution in [3.63, 3.8) is 0 Å². The van der Waals surface area contributed by atoms with Crippen molar-refractivity contribution in [1.82, 2.24) is 4.90 Å². The summed E-state index contributed by atoms with van der Waals surface area (Å²) in [7, 11) is 0. The van der Waals surface area contributed by atoms with Crippen molar-refractivity contribution >= 4 is 12.0 Å². The molecule has 2 heteroatoms. The van der Waals surface area contributed by atoms with Crippen molar-refractivity contribution in [2.24, 2.45) is 0 Å². The summed E-state index contributed by atoms with van der Waals surface area (Å²) in [6.45, 7) is 1.66. The SMILES string of the molecule is O=C1CCCN1C/C=C/c1ccccc1. The van der Waals surface area contributed by atoms with Crippen molar-refractivity contribution in [3.8, 4) is 0 Å². The van der Waals surface area contributed by atoms with Crippen molar-refractivity contribution in [2.75, 3.05) is 13.1 Å². The summed E-state index contributed by atoms with van der Waals surface area (Å²) < 4.78 is 0. The van der Waals surface area contributed by atoms with Gasteiger partial charge in [0.2, 0.25) is 5.91 Å². The second kappa shape index (κ2) is 4.78. The van der Waals surface area contributed by atoms with Gasteiger partial charge in [-0.3, -0.25) is 4.79 Å². The summed E-state index contributed by atoms with van der Waals surface area (Å²) in [5, 5.41) is 0. The van der Waals surface area contributed by atoms with Crippen molar-refractivity contribution in [3.05, 3.63) is 42.0 Å². The molecule has 2 rings (SSSR count). The van der Waals surface area contributed by atoms with Gasteiger partial charge < -0.3 is 4.90 Å². The summed E-state index contributed by atoms with van der Waals surface area (Å²) >= 11 is 0. The van der Waals surface area contributed by atoms with Gasteiger partial charge in [0.15, 0.2) is 0 Å². The summed E-state index contributed by atoms with van der Waals surface area (Å²) in [4.78, 5) is 13.2. The Balaban J connectivity index is 1.88. The smallest absolute Gasteiger partial charge is 0.222 e. The second-order valence-corrected chi connectivity index (χ2v) is 3.76. The van der Waals surface area contributed by atoms with Gasteiger partial charge in [0, 0.05) is 19.5 Å². The van der Waals surface area contributed by atoms with Crippen LogP contribution in [0, 0.1) is 0 Å². The lowest BCUT2D eigenvalue weighted by atomic mass is 10.2. The zero-order chi connectivity index (χ0) is 10.5. The van der Waals surface area contributed by atoms with Crippen LogP contribution in [0.5, 0.6) is 0 Å². The van der Waals surface area contributed by atoms with E-state index in [0.717, 1.165) is 25.9 Å². The summed E-state index contributed by atoms with van der Waals surface area (Å²) in [5.74, 6) is 0.285. The van der Waals surface area contributed by atoms with E-state index in [1.807, 2.05) is 23.1 Å². The first-order valence-corrected chi connectivity index (χ1v) is 5.35. The lowest BCUT2D eigenvalue weighted by Gasteiger charge is -2.11. The number of carbonyl (C=O) groups is 1. The zero-order valence-electron chi connectivity index (χ0n) is 8.73. The number of rotatable bonds is 3. The van der Waals surface area contributed by atoms with Crippen LogP contribution in [0.1, 0.15) is 18.4 Å². The molecule has 1 aliphatic heterocycles. The maximum atomic E-state index is 11.3. The van der Waals surface area contributed by atoms with E-state index in [1.165, 1.54) is 5.56 Å². The van der Waals surface area contributed by atoms with Gasteiger partial charge >= 0.3 is 0 Å². The molecule has 0 N–H and O–H groups in total. The Morgan fingerprint density at radius 3 is 2.73 bits per heavy atom. The summed E-state index contributed by atoms with van der Waals surface area (Å²) in [5.41, 5.74) is 1.18. The van der Waals surface area contributed by atoms with E-state index in [4.69, 9.17) is 0 Å². The number of benzene rings is 1. The van der Waals surface area contributed by atoms with Crippen molar-refractivity contribution in [1.29, 1.82) is 0 Å². The lowest BCUT2D eigenvalue weighted by Crippen LogP contribution is -2.24. The van der Waals surface area contributed by atoms with Gasteiger partial charge in [-0.15, -0.1) is 0 Å². The van der Waals surface area contributed by atoms with Crippen LogP contribution in [-0.2, 0) is 4.79 Å². The monoisotopic (exact) mass is 201 g/mol. The van der Waals surface area contributed by atoms with Gasteiger partial charge in [-0.25, -0.2) is 0 Å². The van der Waals surface area contributed by atoms with Crippen molar-refractivity contribution < 1.29 is 4.79 Å². The Morgan fingerprint density at radius 2 is 2.07 bits per heavy atom. The van der Waals surface area contributed by atoms with Gasteiger partial charge in [0.1, 0.15) is 0 Å². The maximum Gasteiger partial charge on any atom is 0.222 e. The summed E-state index contributed by atoms with van der Waals surface area (Å²) in [6, 6.07) is 10.1. The molecular weight excluding hydrogens is 186 g/mol. The van der Waals surface area contributed by atoms with E-state index >= 15 is 0 Å². The van der Waals surface area contributed by atoms with E-state index in [0.29, 0.717) is 0 Å². The number of hydrogen-bond acceptors (Lipinski definition) is 1. The number of hydrogen-bond donors (Lipinski definition) is 0. The van der Waals surface area contributed by atoms with E-state index in [-0.39, 0.29) is 5.91 Å². The van der Waals surface area contributed by atoms with E-state index in [2.05, 4.69) is 24.3 Å². The van der Waals surface area contributed by atoms with Crippen LogP contribution in [-0.4, -0.2) is 23.9 Å². The van der Waals surface area contributed by atoms with Crippen LogP contribution in [0.15, 0.2) is 36.4 Å². The Hall–Kier alpha value is -1.57. The van der Waals surface area contributed by atoms with Gasteiger partial charge in [-0.05, 0) is 12.0 Å². The summed E-state index contributed by atoms with van der Waals surface area (Å²) in [6.07, 6.45) is 5.85. The molecule has 1 saturated heterocycles. The lowest BCUT2D eigenvalue weighted by molar-refractivity contribution is -0.127. The normalized spacial score (nSPS) is 16.5. The number of carbonyl (C=O) groups excluding carboxylic acids is 1. The Bertz CT molecular complexity index is 356. The fraction of sp³-hybridized carbons (Fsp3) is 0.308. The molecule has 1 heterocycles. The van der Waals surface area contributed by atoms with Crippen LogP contribution >= 0.6 is 0 Å². The van der Waals surface area contributed by atoms with Gasteiger partial charge in [0.05, 0.1) is 0 Å². The minimum atomic E-state index is 0.285. The molecule has 0 bridgehead atoms. The second-order valence-electron chi connectivity index (χ2n) is 3.76. The number of amides is 1.